The molecule has 0 aromatic carbocycles. The zero-order valence-corrected chi connectivity index (χ0v) is 32.4. The van der Waals surface area contributed by atoms with E-state index < -0.39 is 8.60 Å². The van der Waals surface area contributed by atoms with Crippen molar-refractivity contribution in [3.05, 3.63) is 0 Å². The van der Waals surface area contributed by atoms with Crippen molar-refractivity contribution in [3.8, 4) is 0 Å². The summed E-state index contributed by atoms with van der Waals surface area (Å²) in [4.78, 5) is 21.7. The van der Waals surface area contributed by atoms with Crippen molar-refractivity contribution in [2.75, 3.05) is 0 Å². The Balaban J connectivity index is 0. The lowest BCUT2D eigenvalue weighted by atomic mass is 9.90. The van der Waals surface area contributed by atoms with E-state index in [1.807, 2.05) is 0 Å². The van der Waals surface area contributed by atoms with Gasteiger partial charge >= 0.3 is 8.60 Å². The van der Waals surface area contributed by atoms with Crippen LogP contribution in [-0.2, 0) is 0 Å². The van der Waals surface area contributed by atoms with Crippen LogP contribution >= 0.6 is 8.60 Å². The molecule has 0 radical (unpaired) electrons. The van der Waals surface area contributed by atoms with E-state index in [1.165, 1.54) is 238 Å². The molecule has 0 aliphatic rings. The highest BCUT2D eigenvalue weighted by molar-refractivity contribution is 7.38. The number of hydrogen-bond donors (Lipinski definition) is 3. The van der Waals surface area contributed by atoms with E-state index in [0.29, 0.717) is 0 Å². The Morgan fingerprint density at radius 2 is 0.422 bits per heavy atom. The summed E-state index contributed by atoms with van der Waals surface area (Å²) < 4.78 is 0. The molecule has 0 spiro atoms. The van der Waals surface area contributed by atoms with Crippen LogP contribution in [0.5, 0.6) is 0 Å². The van der Waals surface area contributed by atoms with Crippen LogP contribution in [0.2, 0.25) is 0 Å². The summed E-state index contributed by atoms with van der Waals surface area (Å²) in [5, 5.41) is 0. The molecule has 0 aromatic rings. The molecule has 0 unspecified atom stereocenters. The fourth-order valence-electron chi connectivity index (χ4n) is 6.89. The molecule has 0 fully saturated rings. The fraction of sp³-hybridized carbons (Fsp3) is 1.00. The molecule has 0 saturated carbocycles. The summed E-state index contributed by atoms with van der Waals surface area (Å²) in [5.74, 6) is 1.04. The van der Waals surface area contributed by atoms with Gasteiger partial charge in [0.15, 0.2) is 0 Å². The average Bonchev–Trinajstić information content (AvgIpc) is 3.02. The van der Waals surface area contributed by atoms with E-state index in [1.54, 1.807) is 0 Å². The van der Waals surface area contributed by atoms with Gasteiger partial charge in [-0.2, -0.15) is 0 Å². The highest BCUT2D eigenvalue weighted by Gasteiger charge is 2.08. The minimum absolute atomic E-state index is 1.04. The smallest absolute Gasteiger partial charge is 0.324 e. The van der Waals surface area contributed by atoms with Gasteiger partial charge in [-0.05, 0) is 5.92 Å². The highest BCUT2D eigenvalue weighted by Crippen LogP contribution is 2.24. The molecule has 274 valence electrons. The van der Waals surface area contributed by atoms with E-state index in [2.05, 4.69) is 20.8 Å². The molecule has 3 N–H and O–H groups in total. The fourth-order valence-corrected chi connectivity index (χ4v) is 6.89. The van der Waals surface area contributed by atoms with Gasteiger partial charge in [-0.15, -0.1) is 0 Å². The molecule has 4 heteroatoms. The molecule has 45 heavy (non-hydrogen) atoms. The Morgan fingerprint density at radius 1 is 0.267 bits per heavy atom. The summed E-state index contributed by atoms with van der Waals surface area (Å²) in [6, 6.07) is 0. The Morgan fingerprint density at radius 3 is 0.622 bits per heavy atom. The second-order valence-electron chi connectivity index (χ2n) is 14.5. The topological polar surface area (TPSA) is 60.7 Å². The Labute approximate surface area is 286 Å². The van der Waals surface area contributed by atoms with Gasteiger partial charge in [0.25, 0.3) is 0 Å². The van der Waals surface area contributed by atoms with Crippen molar-refractivity contribution in [2.24, 2.45) is 5.92 Å². The van der Waals surface area contributed by atoms with E-state index >= 15 is 0 Å². The summed E-state index contributed by atoms with van der Waals surface area (Å²) in [7, 11) is -2.62. The third-order valence-electron chi connectivity index (χ3n) is 9.90. The Bertz CT molecular complexity index is 449. The van der Waals surface area contributed by atoms with Gasteiger partial charge in [0.05, 0.1) is 0 Å². The summed E-state index contributed by atoms with van der Waals surface area (Å²) in [5.41, 5.74) is 0. The molecule has 0 atom stereocenters. The lowest BCUT2D eigenvalue weighted by molar-refractivity contribution is 0.368. The predicted octanol–water partition coefficient (Wildman–Crippen LogP) is 15.3. The van der Waals surface area contributed by atoms with E-state index in [4.69, 9.17) is 14.7 Å². The average molecular weight is 659 g/mol. The maximum Gasteiger partial charge on any atom is 0.324 e. The monoisotopic (exact) mass is 659 g/mol. The molecule has 0 saturated heterocycles. The SMILES string of the molecule is CCCCCCCCCCCCCCCCCCC(CCCC)CCCCCCCCCCCCCCCCCC.OP(O)O. The molecule has 0 rings (SSSR count). The van der Waals surface area contributed by atoms with Crippen molar-refractivity contribution in [1.82, 2.24) is 0 Å². The van der Waals surface area contributed by atoms with E-state index in [0.717, 1.165) is 5.92 Å². The third-order valence-corrected chi connectivity index (χ3v) is 9.90. The first-order chi connectivity index (χ1) is 22.1. The maximum absolute atomic E-state index is 7.23. The van der Waals surface area contributed by atoms with Crippen LogP contribution in [0.3, 0.4) is 0 Å². The zero-order valence-electron chi connectivity index (χ0n) is 31.5. The summed E-state index contributed by atoms with van der Waals surface area (Å²) in [6.45, 7) is 7.00. The molecule has 0 amide bonds. The number of unbranched alkanes of at least 4 members (excludes halogenated alkanes) is 31. The maximum atomic E-state index is 7.23. The van der Waals surface area contributed by atoms with Gasteiger partial charge in [0, 0.05) is 0 Å². The minimum Gasteiger partial charge on any atom is -0.328 e. The largest absolute Gasteiger partial charge is 0.328 e. The normalized spacial score (nSPS) is 11.5. The Kier molecular flexibility index (Phi) is 46.7. The first-order valence-electron chi connectivity index (χ1n) is 20.9. The lowest BCUT2D eigenvalue weighted by Crippen LogP contribution is -2.01. The van der Waals surface area contributed by atoms with Crippen LogP contribution < -0.4 is 0 Å². The van der Waals surface area contributed by atoms with Gasteiger partial charge in [-0.3, -0.25) is 0 Å². The molecule has 0 bridgehead atoms. The van der Waals surface area contributed by atoms with Crippen LogP contribution in [0.4, 0.5) is 0 Å². The van der Waals surface area contributed by atoms with Crippen LogP contribution in [0.25, 0.3) is 0 Å². The lowest BCUT2D eigenvalue weighted by Gasteiger charge is -2.16. The number of rotatable bonds is 37. The molecule has 0 aliphatic heterocycles. The molecular weight excluding hydrogens is 571 g/mol. The second kappa shape index (κ2) is 44.3. The van der Waals surface area contributed by atoms with E-state index in [9.17, 15) is 0 Å². The van der Waals surface area contributed by atoms with Gasteiger partial charge in [-0.1, -0.05) is 258 Å². The minimum atomic E-state index is -2.62. The standard InChI is InChI=1S/C41H84.H3O3P/c1-4-7-10-12-14-16-18-20-22-24-26-28-30-32-34-36-39-41(38-9-6-3)40-37-35-33-31-29-27-25-23-21-19-17-15-13-11-8-5-2;1-4(2)3/h41H,4-40H2,1-3H3;1-3H. The van der Waals surface area contributed by atoms with Gasteiger partial charge in [0.1, 0.15) is 0 Å². The summed E-state index contributed by atoms with van der Waals surface area (Å²) in [6.07, 6.45) is 54.8. The van der Waals surface area contributed by atoms with Crippen LogP contribution in [0.15, 0.2) is 0 Å². The third kappa shape index (κ3) is 48.8. The van der Waals surface area contributed by atoms with Crippen LogP contribution in [-0.4, -0.2) is 14.7 Å². The van der Waals surface area contributed by atoms with Crippen molar-refractivity contribution >= 4 is 8.60 Å². The molecular formula is C41H87O3P. The molecule has 0 heterocycles. The molecule has 0 aromatic heterocycles. The van der Waals surface area contributed by atoms with Crippen molar-refractivity contribution < 1.29 is 14.7 Å². The van der Waals surface area contributed by atoms with E-state index in [-0.39, 0.29) is 0 Å². The van der Waals surface area contributed by atoms with Crippen LogP contribution in [0, 0.1) is 5.92 Å². The van der Waals surface area contributed by atoms with Crippen LogP contribution in [0.1, 0.15) is 258 Å². The highest BCUT2D eigenvalue weighted by atomic mass is 31.2. The quantitative estimate of drug-likeness (QED) is 0.0460. The van der Waals surface area contributed by atoms with Gasteiger partial charge in [0.2, 0.25) is 0 Å². The first-order valence-corrected chi connectivity index (χ1v) is 22.1. The number of hydrogen-bond acceptors (Lipinski definition) is 3. The van der Waals surface area contributed by atoms with Gasteiger partial charge < -0.3 is 14.7 Å². The Hall–Kier alpha value is 0.310. The molecule has 3 nitrogen and oxygen atoms in total. The molecule has 0 aliphatic carbocycles. The van der Waals surface area contributed by atoms with Crippen molar-refractivity contribution in [2.45, 2.75) is 258 Å². The second-order valence-corrected chi connectivity index (χ2v) is 15.0. The van der Waals surface area contributed by atoms with Gasteiger partial charge in [-0.25, -0.2) is 0 Å². The predicted molar refractivity (Wildman–Crippen MR) is 205 cm³/mol. The van der Waals surface area contributed by atoms with Crippen molar-refractivity contribution in [3.63, 3.8) is 0 Å². The summed E-state index contributed by atoms with van der Waals surface area (Å²) >= 11 is 0. The zero-order chi connectivity index (χ0) is 33.3. The first kappa shape index (κ1) is 47.4. The van der Waals surface area contributed by atoms with Crippen molar-refractivity contribution in [1.29, 1.82) is 0 Å².